The molecular formula is C18H24N6O2. The van der Waals surface area contributed by atoms with Crippen molar-refractivity contribution in [1.82, 2.24) is 29.9 Å². The van der Waals surface area contributed by atoms with Crippen molar-refractivity contribution in [3.8, 4) is 0 Å². The van der Waals surface area contributed by atoms with Gasteiger partial charge in [0, 0.05) is 32.7 Å². The van der Waals surface area contributed by atoms with Gasteiger partial charge in [0.15, 0.2) is 0 Å². The topological polar surface area (TPSA) is 83.5 Å². The van der Waals surface area contributed by atoms with Crippen LogP contribution in [0.15, 0.2) is 28.9 Å². The fourth-order valence-corrected chi connectivity index (χ4v) is 3.52. The Morgan fingerprint density at radius 3 is 3.00 bits per heavy atom. The molecule has 3 aromatic rings. The number of benzene rings is 1. The molecule has 0 radical (unpaired) electrons. The number of aromatic nitrogens is 4. The summed E-state index contributed by atoms with van der Waals surface area (Å²) in [5.41, 5.74) is 4.62. The summed E-state index contributed by atoms with van der Waals surface area (Å²) in [6, 6.07) is 8.00. The largest absolute Gasteiger partial charge is 0.385 e. The second-order valence-electron chi connectivity index (χ2n) is 7.18. The molecule has 0 bridgehead atoms. The van der Waals surface area contributed by atoms with E-state index in [4.69, 9.17) is 4.63 Å². The lowest BCUT2D eigenvalue weighted by atomic mass is 10.1. The van der Waals surface area contributed by atoms with E-state index < -0.39 is 6.10 Å². The maximum Gasteiger partial charge on any atom is 0.139 e. The van der Waals surface area contributed by atoms with Gasteiger partial charge in [-0.1, -0.05) is 12.1 Å². The lowest BCUT2D eigenvalue weighted by Gasteiger charge is -2.19. The molecule has 2 aromatic heterocycles. The summed E-state index contributed by atoms with van der Waals surface area (Å²) in [5.74, 6) is 0. The van der Waals surface area contributed by atoms with Crippen molar-refractivity contribution in [1.29, 1.82) is 0 Å². The third kappa shape index (κ3) is 3.48. The molecule has 26 heavy (non-hydrogen) atoms. The lowest BCUT2D eigenvalue weighted by Crippen LogP contribution is -2.23. The molecule has 8 nitrogen and oxygen atoms in total. The van der Waals surface area contributed by atoms with Crippen molar-refractivity contribution in [2.75, 3.05) is 27.2 Å². The zero-order valence-corrected chi connectivity index (χ0v) is 15.2. The molecule has 0 saturated carbocycles. The van der Waals surface area contributed by atoms with Gasteiger partial charge in [0.25, 0.3) is 0 Å². The van der Waals surface area contributed by atoms with E-state index in [0.29, 0.717) is 6.54 Å². The average molecular weight is 356 g/mol. The van der Waals surface area contributed by atoms with Gasteiger partial charge in [-0.15, -0.1) is 0 Å². The van der Waals surface area contributed by atoms with Gasteiger partial charge in [-0.3, -0.25) is 9.58 Å². The second-order valence-corrected chi connectivity index (χ2v) is 7.18. The molecular weight excluding hydrogens is 332 g/mol. The molecule has 1 N–H and O–H groups in total. The first-order valence-electron chi connectivity index (χ1n) is 8.92. The number of fused-ring (bicyclic) bond motifs is 2. The number of hydrogen-bond donors (Lipinski definition) is 1. The number of aliphatic hydroxyl groups is 1. The van der Waals surface area contributed by atoms with Crippen LogP contribution in [0.5, 0.6) is 0 Å². The first-order chi connectivity index (χ1) is 12.6. The summed E-state index contributed by atoms with van der Waals surface area (Å²) in [5, 5.41) is 22.9. The highest BCUT2D eigenvalue weighted by Gasteiger charge is 2.21. The van der Waals surface area contributed by atoms with Crippen LogP contribution in [0.2, 0.25) is 0 Å². The summed E-state index contributed by atoms with van der Waals surface area (Å²) in [4.78, 5) is 4.35. The van der Waals surface area contributed by atoms with Gasteiger partial charge < -0.3 is 10.0 Å². The Balaban J connectivity index is 1.52. The molecule has 3 heterocycles. The van der Waals surface area contributed by atoms with Gasteiger partial charge in [-0.2, -0.15) is 5.10 Å². The number of hydrogen-bond acceptors (Lipinski definition) is 7. The number of nitrogens with zero attached hydrogens (tertiary/aromatic N) is 6. The van der Waals surface area contributed by atoms with Crippen LogP contribution in [0.25, 0.3) is 11.0 Å². The highest BCUT2D eigenvalue weighted by Crippen LogP contribution is 2.22. The van der Waals surface area contributed by atoms with Gasteiger partial charge in [-0.05, 0) is 48.5 Å². The minimum absolute atomic E-state index is 0.562. The molecule has 0 spiro atoms. The van der Waals surface area contributed by atoms with Crippen molar-refractivity contribution >= 4 is 11.0 Å². The zero-order chi connectivity index (χ0) is 18.1. The molecule has 4 rings (SSSR count). The fourth-order valence-electron chi connectivity index (χ4n) is 3.52. The molecule has 0 saturated heterocycles. The number of likely N-dealkylation sites (N-methyl/N-ethyl adjacent to an activating group) is 1. The van der Waals surface area contributed by atoms with E-state index in [-0.39, 0.29) is 0 Å². The Kier molecular flexibility index (Phi) is 4.71. The van der Waals surface area contributed by atoms with Crippen LogP contribution in [-0.2, 0) is 19.6 Å². The third-order valence-corrected chi connectivity index (χ3v) is 4.76. The molecule has 1 aromatic carbocycles. The Morgan fingerprint density at radius 2 is 2.15 bits per heavy atom. The van der Waals surface area contributed by atoms with Crippen molar-refractivity contribution in [3.05, 3.63) is 41.2 Å². The van der Waals surface area contributed by atoms with Crippen LogP contribution in [-0.4, -0.2) is 62.2 Å². The van der Waals surface area contributed by atoms with Crippen LogP contribution in [0, 0.1) is 0 Å². The van der Waals surface area contributed by atoms with Crippen LogP contribution < -0.4 is 0 Å². The van der Waals surface area contributed by atoms with Crippen LogP contribution in [0.4, 0.5) is 0 Å². The minimum Gasteiger partial charge on any atom is -0.385 e. The molecule has 0 fully saturated rings. The summed E-state index contributed by atoms with van der Waals surface area (Å²) in [6.07, 6.45) is 0.457. The van der Waals surface area contributed by atoms with Gasteiger partial charge >= 0.3 is 0 Å². The molecule has 1 atom stereocenters. The molecule has 8 heteroatoms. The lowest BCUT2D eigenvalue weighted by molar-refractivity contribution is 0.133. The molecule has 1 unspecified atom stereocenters. The minimum atomic E-state index is -0.562. The summed E-state index contributed by atoms with van der Waals surface area (Å²) >= 11 is 0. The SMILES string of the molecule is CN(C)CC(O)c1cc2n(n1)CCCN(Cc1cccc3nonc13)C2. The number of aliphatic hydroxyl groups excluding tert-OH is 1. The Hall–Kier alpha value is -2.29. The molecule has 1 aliphatic heterocycles. The van der Waals surface area contributed by atoms with E-state index in [1.165, 1.54) is 0 Å². The predicted molar refractivity (Wildman–Crippen MR) is 96.3 cm³/mol. The quantitative estimate of drug-likeness (QED) is 0.740. The first kappa shape index (κ1) is 17.1. The van der Waals surface area contributed by atoms with E-state index in [2.05, 4.69) is 26.4 Å². The molecule has 0 amide bonds. The Bertz CT molecular complexity index is 887. The maximum absolute atomic E-state index is 10.3. The summed E-state index contributed by atoms with van der Waals surface area (Å²) < 4.78 is 6.91. The highest BCUT2D eigenvalue weighted by molar-refractivity contribution is 5.76. The van der Waals surface area contributed by atoms with Gasteiger partial charge in [0.05, 0.1) is 11.4 Å². The average Bonchev–Trinajstić information content (AvgIpc) is 3.18. The second kappa shape index (κ2) is 7.14. The van der Waals surface area contributed by atoms with Crippen LogP contribution in [0.3, 0.4) is 0 Å². The van der Waals surface area contributed by atoms with E-state index in [0.717, 1.165) is 60.6 Å². The van der Waals surface area contributed by atoms with Crippen molar-refractivity contribution in [3.63, 3.8) is 0 Å². The molecule has 0 aliphatic carbocycles. The van der Waals surface area contributed by atoms with E-state index in [1.807, 2.05) is 41.9 Å². The first-order valence-corrected chi connectivity index (χ1v) is 8.92. The van der Waals surface area contributed by atoms with Gasteiger partial charge in [0.1, 0.15) is 17.1 Å². The van der Waals surface area contributed by atoms with Crippen molar-refractivity contribution in [2.24, 2.45) is 0 Å². The summed E-state index contributed by atoms with van der Waals surface area (Å²) in [6.45, 7) is 4.01. The zero-order valence-electron chi connectivity index (χ0n) is 15.2. The number of rotatable bonds is 5. The molecule has 138 valence electrons. The normalized spacial score (nSPS) is 16.8. The fraction of sp³-hybridized carbons (Fsp3) is 0.500. The monoisotopic (exact) mass is 356 g/mol. The van der Waals surface area contributed by atoms with Crippen LogP contribution in [0.1, 0.15) is 29.5 Å². The van der Waals surface area contributed by atoms with E-state index in [9.17, 15) is 5.11 Å². The maximum atomic E-state index is 10.3. The van der Waals surface area contributed by atoms with Crippen LogP contribution >= 0.6 is 0 Å². The Labute approximate surface area is 152 Å². The highest BCUT2D eigenvalue weighted by atomic mass is 16.6. The van der Waals surface area contributed by atoms with Crippen molar-refractivity contribution in [2.45, 2.75) is 32.2 Å². The van der Waals surface area contributed by atoms with E-state index >= 15 is 0 Å². The molecule has 1 aliphatic rings. The van der Waals surface area contributed by atoms with E-state index in [1.54, 1.807) is 0 Å². The summed E-state index contributed by atoms with van der Waals surface area (Å²) in [7, 11) is 3.90. The predicted octanol–water partition coefficient (Wildman–Crippen LogP) is 1.42. The Morgan fingerprint density at radius 1 is 1.27 bits per heavy atom. The number of aryl methyl sites for hydroxylation is 1. The standard InChI is InChI=1S/C18H24N6O2/c1-22(2)12-17(25)16-9-14-11-23(7-4-8-24(14)19-16)10-13-5-3-6-15-18(13)21-26-20-15/h3,5-6,9,17,25H,4,7-8,10-12H2,1-2H3. The van der Waals surface area contributed by atoms with Crippen molar-refractivity contribution < 1.29 is 9.74 Å². The van der Waals surface area contributed by atoms with Gasteiger partial charge in [-0.25, -0.2) is 4.63 Å². The smallest absolute Gasteiger partial charge is 0.139 e. The van der Waals surface area contributed by atoms with Gasteiger partial charge in [0.2, 0.25) is 0 Å². The third-order valence-electron chi connectivity index (χ3n) is 4.76.